The lowest BCUT2D eigenvalue weighted by atomic mass is 10.1. The summed E-state index contributed by atoms with van der Waals surface area (Å²) in [4.78, 5) is 73.3. The molecule has 43 heavy (non-hydrogen) atoms. The van der Waals surface area contributed by atoms with Gasteiger partial charge in [0, 0.05) is 37.8 Å². The molecule has 1 aliphatic heterocycles. The van der Waals surface area contributed by atoms with Crippen LogP contribution < -0.4 is 10.2 Å². The van der Waals surface area contributed by atoms with Crippen molar-refractivity contribution in [2.24, 2.45) is 5.92 Å². The number of halogens is 1. The zero-order valence-corrected chi connectivity index (χ0v) is 29.0. The van der Waals surface area contributed by atoms with Crippen molar-refractivity contribution in [3.63, 3.8) is 0 Å². The van der Waals surface area contributed by atoms with Gasteiger partial charge in [-0.3, -0.25) is 14.4 Å². The fourth-order valence-electron chi connectivity index (χ4n) is 4.29. The van der Waals surface area contributed by atoms with Crippen LogP contribution in [0.15, 0.2) is 12.4 Å². The van der Waals surface area contributed by atoms with E-state index in [9.17, 15) is 24.0 Å². The van der Waals surface area contributed by atoms with Crippen LogP contribution in [0.5, 0.6) is 0 Å². The molecule has 2 aromatic heterocycles. The van der Waals surface area contributed by atoms with Crippen molar-refractivity contribution in [2.75, 3.05) is 29.9 Å². The summed E-state index contributed by atoms with van der Waals surface area (Å²) in [5.74, 6) is -1.95. The first-order valence-corrected chi connectivity index (χ1v) is 17.8. The zero-order chi connectivity index (χ0) is 32.4. The highest BCUT2D eigenvalue weighted by atomic mass is 127. The summed E-state index contributed by atoms with van der Waals surface area (Å²) >= 11 is 2.10. The van der Waals surface area contributed by atoms with Gasteiger partial charge in [0.1, 0.15) is 16.7 Å². The second-order valence-electron chi connectivity index (χ2n) is 12.5. The molecule has 2 atom stereocenters. The average Bonchev–Trinajstić information content (AvgIpc) is 3.32. The SMILES string of the molecule is CC(C)C(=O)N1CCN(C(=O)C(=O)Nc2cnc(N(C(=O)OC(C)(C)C)C(=O)OC(C)(C)C)c3cn(PI)nc23)CC1C. The van der Waals surface area contributed by atoms with Gasteiger partial charge in [-0.2, -0.15) is 10.00 Å². The Kier molecular flexibility index (Phi) is 10.6. The van der Waals surface area contributed by atoms with E-state index in [1.807, 2.05) is 20.8 Å². The molecule has 2 unspecified atom stereocenters. The van der Waals surface area contributed by atoms with Crippen LogP contribution in [0.3, 0.4) is 0 Å². The topological polar surface area (TPSA) is 156 Å². The van der Waals surface area contributed by atoms with Crippen molar-refractivity contribution in [3.05, 3.63) is 12.4 Å². The van der Waals surface area contributed by atoms with Gasteiger partial charge in [-0.05, 0) is 70.5 Å². The number of rotatable bonds is 4. The predicted octanol–water partition coefficient (Wildman–Crippen LogP) is 4.55. The van der Waals surface area contributed by atoms with Crippen LogP contribution in [0, 0.1) is 5.92 Å². The van der Waals surface area contributed by atoms with Crippen molar-refractivity contribution in [1.82, 2.24) is 24.3 Å². The lowest BCUT2D eigenvalue weighted by Gasteiger charge is -2.40. The van der Waals surface area contributed by atoms with Gasteiger partial charge in [0.2, 0.25) is 5.91 Å². The monoisotopic (exact) mass is 731 g/mol. The van der Waals surface area contributed by atoms with Crippen molar-refractivity contribution in [3.8, 4) is 0 Å². The van der Waals surface area contributed by atoms with Crippen molar-refractivity contribution in [1.29, 1.82) is 0 Å². The number of amides is 5. The van der Waals surface area contributed by atoms with E-state index in [-0.39, 0.29) is 59.7 Å². The molecule has 5 amide bonds. The summed E-state index contributed by atoms with van der Waals surface area (Å²) in [5, 5.41) is 7.33. The molecule has 0 aromatic carbocycles. The van der Waals surface area contributed by atoms with Crippen molar-refractivity contribution in [2.45, 2.75) is 79.6 Å². The van der Waals surface area contributed by atoms with Crippen molar-refractivity contribution < 1.29 is 33.4 Å². The molecule has 16 heteroatoms. The molecule has 236 valence electrons. The van der Waals surface area contributed by atoms with E-state index < -0.39 is 35.2 Å². The Hall–Kier alpha value is -3.07. The lowest BCUT2D eigenvalue weighted by molar-refractivity contribution is -0.148. The van der Waals surface area contributed by atoms with Gasteiger partial charge >= 0.3 is 24.0 Å². The summed E-state index contributed by atoms with van der Waals surface area (Å²) in [5.41, 5.74) is -1.54. The number of anilines is 2. The van der Waals surface area contributed by atoms with E-state index in [1.54, 1.807) is 57.1 Å². The molecular formula is C27H39IN7O7P. The molecule has 1 fully saturated rings. The van der Waals surface area contributed by atoms with Crippen LogP contribution in [0.25, 0.3) is 10.9 Å². The van der Waals surface area contributed by atoms with Crippen LogP contribution >= 0.6 is 28.4 Å². The predicted molar refractivity (Wildman–Crippen MR) is 171 cm³/mol. The summed E-state index contributed by atoms with van der Waals surface area (Å²) in [7, 11) is 0. The first-order valence-electron chi connectivity index (χ1n) is 13.7. The standard InChI is InChI=1S/C27H39IN7O7P/c1-15(2)22(37)33-11-10-32(13-16(33)3)23(38)21(36)30-18-12-29-20(17-14-34(43-28)31-19(17)18)35(24(39)41-26(4,5)6)25(40)42-27(7,8)9/h12,14-16,43H,10-11,13H2,1-9H3,(H,30,36). The number of ether oxygens (including phenoxy) is 2. The molecule has 0 radical (unpaired) electrons. The Bertz CT molecular complexity index is 1390. The van der Waals surface area contributed by atoms with E-state index in [2.05, 4.69) is 37.4 Å². The average molecular weight is 732 g/mol. The van der Waals surface area contributed by atoms with E-state index in [0.717, 1.165) is 0 Å². The lowest BCUT2D eigenvalue weighted by Crippen LogP contribution is -2.57. The Morgan fingerprint density at radius 1 is 1.05 bits per heavy atom. The number of nitrogens with zero attached hydrogens (tertiary/aromatic N) is 6. The van der Waals surface area contributed by atoms with Gasteiger partial charge in [-0.1, -0.05) is 13.8 Å². The molecule has 0 aliphatic carbocycles. The largest absolute Gasteiger partial charge is 0.443 e. The number of carbonyl (C=O) groups is 5. The van der Waals surface area contributed by atoms with Crippen LogP contribution in [0.1, 0.15) is 62.3 Å². The molecular weight excluding hydrogens is 692 g/mol. The summed E-state index contributed by atoms with van der Waals surface area (Å²) in [6.07, 6.45) is 0.926. The highest BCUT2D eigenvalue weighted by molar-refractivity contribution is 14.2. The third-order valence-electron chi connectivity index (χ3n) is 6.11. The molecule has 0 spiro atoms. The molecule has 14 nitrogen and oxygen atoms in total. The highest BCUT2D eigenvalue weighted by Gasteiger charge is 2.37. The maximum Gasteiger partial charge on any atom is 0.425 e. The minimum absolute atomic E-state index is 0.00373. The smallest absolute Gasteiger partial charge is 0.425 e. The minimum atomic E-state index is -1.00. The third kappa shape index (κ3) is 8.52. The molecule has 3 rings (SSSR count). The summed E-state index contributed by atoms with van der Waals surface area (Å²) in [6.45, 7) is 16.2. The number of pyridine rings is 1. The molecule has 1 N–H and O–H groups in total. The van der Waals surface area contributed by atoms with Crippen LogP contribution in [-0.4, -0.2) is 91.1 Å². The molecule has 0 bridgehead atoms. The number of piperazine rings is 1. The molecule has 1 aliphatic rings. The second kappa shape index (κ2) is 13.3. The van der Waals surface area contributed by atoms with Crippen LogP contribution in [0.4, 0.5) is 21.1 Å². The minimum Gasteiger partial charge on any atom is -0.443 e. The van der Waals surface area contributed by atoms with E-state index in [1.165, 1.54) is 11.1 Å². The fourth-order valence-corrected chi connectivity index (χ4v) is 5.35. The number of carbonyl (C=O) groups excluding carboxylic acids is 5. The number of nitrogens with one attached hydrogen (secondary N) is 1. The van der Waals surface area contributed by atoms with Gasteiger partial charge in [-0.15, -0.1) is 0 Å². The van der Waals surface area contributed by atoms with Crippen LogP contribution in [0.2, 0.25) is 0 Å². The Morgan fingerprint density at radius 3 is 2.12 bits per heavy atom. The number of fused-ring (bicyclic) bond motifs is 1. The normalized spacial score (nSPS) is 16.1. The molecule has 1 saturated heterocycles. The van der Waals surface area contributed by atoms with E-state index >= 15 is 0 Å². The second-order valence-corrected chi connectivity index (χ2v) is 14.5. The maximum atomic E-state index is 13.3. The first kappa shape index (κ1) is 34.4. The fraction of sp³-hybridized carbons (Fsp3) is 0.593. The number of imide groups is 1. The van der Waals surface area contributed by atoms with Gasteiger partial charge < -0.3 is 24.6 Å². The number of hydrogen-bond acceptors (Lipinski definition) is 9. The van der Waals surface area contributed by atoms with Gasteiger partial charge in [0.05, 0.1) is 23.6 Å². The van der Waals surface area contributed by atoms with Crippen molar-refractivity contribution >= 4 is 80.7 Å². The summed E-state index contributed by atoms with van der Waals surface area (Å²) in [6, 6.07) is -0.250. The molecule has 3 heterocycles. The quantitative estimate of drug-likeness (QED) is 0.271. The summed E-state index contributed by atoms with van der Waals surface area (Å²) < 4.78 is 12.5. The van der Waals surface area contributed by atoms with E-state index in [0.29, 0.717) is 11.4 Å². The van der Waals surface area contributed by atoms with Gasteiger partial charge in [0.25, 0.3) is 0 Å². The Labute approximate surface area is 265 Å². The Balaban J connectivity index is 1.94. The number of hydrogen-bond donors (Lipinski definition) is 1. The zero-order valence-electron chi connectivity index (χ0n) is 25.8. The first-order chi connectivity index (χ1) is 19.8. The highest BCUT2D eigenvalue weighted by Crippen LogP contribution is 2.35. The number of aromatic nitrogens is 3. The molecule has 0 saturated carbocycles. The van der Waals surface area contributed by atoms with Gasteiger partial charge in [-0.25, -0.2) is 19.0 Å². The van der Waals surface area contributed by atoms with E-state index in [4.69, 9.17) is 9.47 Å². The Morgan fingerprint density at radius 2 is 1.63 bits per heavy atom. The maximum absolute atomic E-state index is 13.3. The van der Waals surface area contributed by atoms with Crippen LogP contribution in [-0.2, 0) is 23.9 Å². The third-order valence-corrected chi connectivity index (χ3v) is 8.00. The van der Waals surface area contributed by atoms with Gasteiger partial charge in [0.15, 0.2) is 5.82 Å². The molecule has 2 aromatic rings.